The SMILES string of the molecule is CCCOc1cccc(CNC2CCOC2C2CC2)c1. The Balaban J connectivity index is 1.52. The van der Waals surface area contributed by atoms with Crippen LogP contribution in [0.3, 0.4) is 0 Å². The minimum absolute atomic E-state index is 0.453. The van der Waals surface area contributed by atoms with Crippen molar-refractivity contribution >= 4 is 0 Å². The second-order valence-corrected chi connectivity index (χ2v) is 5.94. The van der Waals surface area contributed by atoms with Gasteiger partial charge in [0.1, 0.15) is 5.75 Å². The van der Waals surface area contributed by atoms with Crippen molar-refractivity contribution in [1.82, 2.24) is 5.32 Å². The predicted molar refractivity (Wildman–Crippen MR) is 79.9 cm³/mol. The first-order valence-corrected chi connectivity index (χ1v) is 7.93. The summed E-state index contributed by atoms with van der Waals surface area (Å²) in [5.41, 5.74) is 1.29. The van der Waals surface area contributed by atoms with Crippen LogP contribution in [0.4, 0.5) is 0 Å². The van der Waals surface area contributed by atoms with Gasteiger partial charge in [-0.05, 0) is 49.3 Å². The zero-order chi connectivity index (χ0) is 13.8. The van der Waals surface area contributed by atoms with Crippen LogP contribution in [0, 0.1) is 5.92 Å². The van der Waals surface area contributed by atoms with E-state index in [1.54, 1.807) is 0 Å². The van der Waals surface area contributed by atoms with Gasteiger partial charge in [-0.25, -0.2) is 0 Å². The van der Waals surface area contributed by atoms with Gasteiger partial charge in [0.25, 0.3) is 0 Å². The molecule has 1 saturated heterocycles. The highest BCUT2D eigenvalue weighted by atomic mass is 16.5. The van der Waals surface area contributed by atoms with E-state index in [4.69, 9.17) is 9.47 Å². The van der Waals surface area contributed by atoms with Gasteiger partial charge in [-0.3, -0.25) is 0 Å². The highest BCUT2D eigenvalue weighted by Gasteiger charge is 2.40. The predicted octanol–water partition coefficient (Wildman–Crippen LogP) is 3.13. The van der Waals surface area contributed by atoms with Gasteiger partial charge < -0.3 is 14.8 Å². The van der Waals surface area contributed by atoms with Gasteiger partial charge in [0.05, 0.1) is 12.7 Å². The van der Waals surface area contributed by atoms with Crippen molar-refractivity contribution in [3.63, 3.8) is 0 Å². The van der Waals surface area contributed by atoms with Crippen molar-refractivity contribution in [1.29, 1.82) is 0 Å². The molecule has 1 aromatic carbocycles. The van der Waals surface area contributed by atoms with Gasteiger partial charge in [-0.1, -0.05) is 19.1 Å². The smallest absolute Gasteiger partial charge is 0.119 e. The van der Waals surface area contributed by atoms with Gasteiger partial charge in [0.2, 0.25) is 0 Å². The molecule has 0 aromatic heterocycles. The largest absolute Gasteiger partial charge is 0.494 e. The molecule has 1 saturated carbocycles. The summed E-state index contributed by atoms with van der Waals surface area (Å²) in [5, 5.41) is 3.67. The van der Waals surface area contributed by atoms with Crippen LogP contribution in [0.15, 0.2) is 24.3 Å². The van der Waals surface area contributed by atoms with E-state index in [-0.39, 0.29) is 0 Å². The molecule has 3 nitrogen and oxygen atoms in total. The monoisotopic (exact) mass is 275 g/mol. The number of hydrogen-bond donors (Lipinski definition) is 1. The van der Waals surface area contributed by atoms with Crippen molar-refractivity contribution in [3.05, 3.63) is 29.8 Å². The second kappa shape index (κ2) is 6.59. The summed E-state index contributed by atoms with van der Waals surface area (Å²) in [6.45, 7) is 4.74. The molecule has 1 N–H and O–H groups in total. The third-order valence-corrected chi connectivity index (χ3v) is 4.16. The molecule has 0 amide bonds. The summed E-state index contributed by atoms with van der Waals surface area (Å²) in [6.07, 6.45) is 5.35. The molecule has 20 heavy (non-hydrogen) atoms. The molecule has 1 aliphatic carbocycles. The molecule has 0 spiro atoms. The van der Waals surface area contributed by atoms with E-state index in [2.05, 4.69) is 30.4 Å². The maximum Gasteiger partial charge on any atom is 0.119 e. The Morgan fingerprint density at radius 2 is 2.20 bits per heavy atom. The summed E-state index contributed by atoms with van der Waals surface area (Å²) >= 11 is 0. The van der Waals surface area contributed by atoms with Crippen molar-refractivity contribution in [2.75, 3.05) is 13.2 Å². The van der Waals surface area contributed by atoms with Crippen LogP contribution in [0.1, 0.15) is 38.2 Å². The number of ether oxygens (including phenoxy) is 2. The quantitative estimate of drug-likeness (QED) is 0.829. The summed E-state index contributed by atoms with van der Waals surface area (Å²) in [5.74, 6) is 1.79. The Hall–Kier alpha value is -1.06. The van der Waals surface area contributed by atoms with E-state index in [0.29, 0.717) is 12.1 Å². The fraction of sp³-hybridized carbons (Fsp3) is 0.647. The first-order valence-electron chi connectivity index (χ1n) is 7.93. The molecule has 2 fully saturated rings. The number of nitrogens with one attached hydrogen (secondary N) is 1. The maximum atomic E-state index is 5.87. The molecule has 1 aromatic rings. The molecule has 110 valence electrons. The van der Waals surface area contributed by atoms with Crippen LogP contribution < -0.4 is 10.1 Å². The molecule has 2 atom stereocenters. The fourth-order valence-electron chi connectivity index (χ4n) is 2.93. The Labute approximate surface area is 121 Å². The maximum absolute atomic E-state index is 5.87. The average molecular weight is 275 g/mol. The van der Waals surface area contributed by atoms with Gasteiger partial charge in [0, 0.05) is 19.2 Å². The number of benzene rings is 1. The van der Waals surface area contributed by atoms with Crippen molar-refractivity contribution in [3.8, 4) is 5.75 Å². The second-order valence-electron chi connectivity index (χ2n) is 5.94. The van der Waals surface area contributed by atoms with Crippen LogP contribution in [0.25, 0.3) is 0 Å². The molecule has 0 bridgehead atoms. The summed E-state index contributed by atoms with van der Waals surface area (Å²) in [7, 11) is 0. The van der Waals surface area contributed by atoms with Gasteiger partial charge in [0.15, 0.2) is 0 Å². The molecule has 2 aliphatic rings. The standard InChI is InChI=1S/C17H25NO2/c1-2-9-19-15-5-3-4-13(11-15)12-18-16-8-10-20-17(16)14-6-7-14/h3-5,11,14,16-18H,2,6-10,12H2,1H3. The Kier molecular flexibility index (Phi) is 4.58. The van der Waals surface area contributed by atoms with Crippen molar-refractivity contribution < 1.29 is 9.47 Å². The lowest BCUT2D eigenvalue weighted by Crippen LogP contribution is -2.37. The van der Waals surface area contributed by atoms with E-state index < -0.39 is 0 Å². The summed E-state index contributed by atoms with van der Waals surface area (Å²) in [6, 6.07) is 8.94. The molecule has 1 aliphatic heterocycles. The third-order valence-electron chi connectivity index (χ3n) is 4.16. The molecule has 3 heteroatoms. The topological polar surface area (TPSA) is 30.5 Å². The van der Waals surface area contributed by atoms with Gasteiger partial charge >= 0.3 is 0 Å². The van der Waals surface area contributed by atoms with E-state index in [9.17, 15) is 0 Å². The Morgan fingerprint density at radius 3 is 3.00 bits per heavy atom. The van der Waals surface area contributed by atoms with Crippen LogP contribution in [0.5, 0.6) is 5.75 Å². The number of rotatable bonds is 7. The third kappa shape index (κ3) is 3.53. The van der Waals surface area contributed by atoms with Gasteiger partial charge in [-0.2, -0.15) is 0 Å². The first kappa shape index (κ1) is 13.9. The van der Waals surface area contributed by atoms with E-state index in [0.717, 1.165) is 44.3 Å². The average Bonchev–Trinajstić information content (AvgIpc) is 3.22. The van der Waals surface area contributed by atoms with Crippen LogP contribution in [-0.2, 0) is 11.3 Å². The van der Waals surface area contributed by atoms with Crippen LogP contribution in [-0.4, -0.2) is 25.4 Å². The zero-order valence-electron chi connectivity index (χ0n) is 12.3. The van der Waals surface area contributed by atoms with E-state index in [1.165, 1.54) is 18.4 Å². The Bertz CT molecular complexity index is 431. The minimum atomic E-state index is 0.453. The van der Waals surface area contributed by atoms with Crippen molar-refractivity contribution in [2.45, 2.75) is 51.3 Å². The molecule has 2 unspecified atom stereocenters. The summed E-state index contributed by atoms with van der Waals surface area (Å²) in [4.78, 5) is 0. The normalized spacial score (nSPS) is 25.9. The Morgan fingerprint density at radius 1 is 1.30 bits per heavy atom. The van der Waals surface area contributed by atoms with Crippen LogP contribution >= 0.6 is 0 Å². The molecule has 3 rings (SSSR count). The zero-order valence-corrected chi connectivity index (χ0v) is 12.3. The van der Waals surface area contributed by atoms with E-state index >= 15 is 0 Å². The van der Waals surface area contributed by atoms with E-state index in [1.807, 2.05) is 6.07 Å². The lowest BCUT2D eigenvalue weighted by molar-refractivity contribution is 0.0809. The van der Waals surface area contributed by atoms with Crippen LogP contribution in [0.2, 0.25) is 0 Å². The highest BCUT2D eigenvalue weighted by Crippen LogP contribution is 2.38. The summed E-state index contributed by atoms with van der Waals surface area (Å²) < 4.78 is 11.6. The first-order chi connectivity index (χ1) is 9.86. The molecular weight excluding hydrogens is 250 g/mol. The van der Waals surface area contributed by atoms with Gasteiger partial charge in [-0.15, -0.1) is 0 Å². The van der Waals surface area contributed by atoms with Crippen molar-refractivity contribution in [2.24, 2.45) is 5.92 Å². The lowest BCUT2D eigenvalue weighted by atomic mass is 10.1. The molecule has 0 radical (unpaired) electrons. The fourth-order valence-corrected chi connectivity index (χ4v) is 2.93. The minimum Gasteiger partial charge on any atom is -0.494 e. The molecule has 1 heterocycles. The number of hydrogen-bond acceptors (Lipinski definition) is 3. The highest BCUT2D eigenvalue weighted by molar-refractivity contribution is 5.28. The molecular formula is C17H25NO2. The lowest BCUT2D eigenvalue weighted by Gasteiger charge is -2.19.